The van der Waals surface area contributed by atoms with E-state index in [1.54, 1.807) is 0 Å². The Morgan fingerprint density at radius 1 is 1.17 bits per heavy atom. The van der Waals surface area contributed by atoms with Gasteiger partial charge in [-0.3, -0.25) is 0 Å². The van der Waals surface area contributed by atoms with E-state index in [-0.39, 0.29) is 0 Å². The van der Waals surface area contributed by atoms with Gasteiger partial charge in [-0.2, -0.15) is 0 Å². The Bertz CT molecular complexity index is 452. The molecule has 18 heavy (non-hydrogen) atoms. The van der Waals surface area contributed by atoms with Crippen LogP contribution in [0.1, 0.15) is 25.7 Å². The molecule has 98 valence electrons. The molecule has 2 N–H and O–H groups in total. The van der Waals surface area contributed by atoms with Gasteiger partial charge in [0.05, 0.1) is 0 Å². The van der Waals surface area contributed by atoms with Gasteiger partial charge in [-0.05, 0) is 30.9 Å². The van der Waals surface area contributed by atoms with Crippen molar-refractivity contribution in [3.05, 3.63) is 30.3 Å². The Hall–Kier alpha value is -0.830. The molecule has 0 bridgehead atoms. The van der Waals surface area contributed by atoms with E-state index in [1.165, 1.54) is 19.3 Å². The number of rotatable bonds is 2. The number of nitrogens with one attached hydrogen (secondary N) is 2. The van der Waals surface area contributed by atoms with Crippen molar-refractivity contribution in [1.82, 2.24) is 10.2 Å². The normalized spacial score (nSPS) is 35.8. The molecule has 1 saturated carbocycles. The van der Waals surface area contributed by atoms with Crippen LogP contribution >= 0.6 is 7.67 Å². The van der Waals surface area contributed by atoms with Crippen LogP contribution < -0.4 is 14.7 Å². The lowest BCUT2D eigenvalue weighted by atomic mass is 9.85. The lowest BCUT2D eigenvalue weighted by Gasteiger charge is -2.39. The summed E-state index contributed by atoms with van der Waals surface area (Å²) >= 11 is 0. The molecule has 3 rings (SSSR count). The van der Waals surface area contributed by atoms with E-state index < -0.39 is 7.67 Å². The van der Waals surface area contributed by atoms with Gasteiger partial charge in [0.15, 0.2) is 0 Å². The smallest absolute Gasteiger partial charge is 0.390 e. The maximum Gasteiger partial charge on any atom is 0.390 e. The predicted molar refractivity (Wildman–Crippen MR) is 71.6 cm³/mol. The van der Waals surface area contributed by atoms with Crippen LogP contribution in [-0.4, -0.2) is 12.6 Å². The monoisotopic (exact) mass is 266 g/mol. The van der Waals surface area contributed by atoms with E-state index in [1.807, 2.05) is 30.3 Å². The maximum absolute atomic E-state index is 12.6. The van der Waals surface area contributed by atoms with Crippen LogP contribution in [0.4, 0.5) is 0 Å². The molecule has 4 nitrogen and oxygen atoms in total. The van der Waals surface area contributed by atoms with Gasteiger partial charge in [0.1, 0.15) is 5.75 Å². The van der Waals surface area contributed by atoms with Crippen molar-refractivity contribution >= 4 is 7.67 Å². The Morgan fingerprint density at radius 3 is 2.78 bits per heavy atom. The number of hydrogen-bond acceptors (Lipinski definition) is 2. The maximum atomic E-state index is 12.6. The minimum absolute atomic E-state index is 0.342. The first-order valence-corrected chi connectivity index (χ1v) is 8.25. The molecule has 0 aromatic heterocycles. The van der Waals surface area contributed by atoms with Crippen molar-refractivity contribution in [1.29, 1.82) is 0 Å². The highest BCUT2D eigenvalue weighted by molar-refractivity contribution is 7.55. The highest BCUT2D eigenvalue weighted by Crippen LogP contribution is 2.45. The molecule has 1 aromatic carbocycles. The minimum atomic E-state index is -2.92. The van der Waals surface area contributed by atoms with Gasteiger partial charge in [-0.25, -0.2) is 14.7 Å². The molecule has 0 unspecified atom stereocenters. The van der Waals surface area contributed by atoms with Gasteiger partial charge in [0.2, 0.25) is 0 Å². The van der Waals surface area contributed by atoms with Crippen molar-refractivity contribution < 1.29 is 9.09 Å². The van der Waals surface area contributed by atoms with Crippen LogP contribution in [0.3, 0.4) is 0 Å². The summed E-state index contributed by atoms with van der Waals surface area (Å²) in [5, 5.41) is 6.27. The van der Waals surface area contributed by atoms with Crippen molar-refractivity contribution in [2.24, 2.45) is 5.92 Å². The average Bonchev–Trinajstić information content (AvgIpc) is 2.39. The van der Waals surface area contributed by atoms with Crippen LogP contribution in [-0.2, 0) is 4.57 Å². The summed E-state index contributed by atoms with van der Waals surface area (Å²) in [6, 6.07) is 9.69. The average molecular weight is 266 g/mol. The molecule has 1 aliphatic carbocycles. The fourth-order valence-corrected chi connectivity index (χ4v) is 4.69. The lowest BCUT2D eigenvalue weighted by Crippen LogP contribution is -2.49. The SMILES string of the molecule is O=[P@@]1(Oc2ccccc2)NC[C@H]2CCCC[C@H]2N1. The summed E-state index contributed by atoms with van der Waals surface area (Å²) in [4.78, 5) is 0. The van der Waals surface area contributed by atoms with Gasteiger partial charge < -0.3 is 4.52 Å². The standard InChI is InChI=1S/C13H19N2O2P/c16-18(17-12-7-2-1-3-8-12)14-10-11-6-4-5-9-13(11)15-18/h1-3,7-8,11,13H,4-6,9-10H2,(H2,14,15,16)/t11-,13-,18-/m1/s1. The van der Waals surface area contributed by atoms with Crippen molar-refractivity contribution in [3.63, 3.8) is 0 Å². The third-order valence-electron chi connectivity index (χ3n) is 3.78. The summed E-state index contributed by atoms with van der Waals surface area (Å²) in [6.07, 6.45) is 4.83. The highest BCUT2D eigenvalue weighted by Gasteiger charge is 2.39. The van der Waals surface area contributed by atoms with E-state index >= 15 is 0 Å². The van der Waals surface area contributed by atoms with Crippen molar-refractivity contribution in [2.75, 3.05) is 6.54 Å². The molecular weight excluding hydrogens is 247 g/mol. The molecule has 2 fully saturated rings. The summed E-state index contributed by atoms with van der Waals surface area (Å²) in [7, 11) is -2.92. The molecule has 1 saturated heterocycles. The van der Waals surface area contributed by atoms with Crippen molar-refractivity contribution in [3.8, 4) is 5.75 Å². The Kier molecular flexibility index (Phi) is 3.42. The zero-order valence-corrected chi connectivity index (χ0v) is 11.2. The summed E-state index contributed by atoms with van der Waals surface area (Å²) in [5.74, 6) is 1.25. The molecule has 1 aliphatic heterocycles. The van der Waals surface area contributed by atoms with Crippen LogP contribution in [0.2, 0.25) is 0 Å². The zero-order chi connectivity index (χ0) is 12.4. The molecule has 1 heterocycles. The quantitative estimate of drug-likeness (QED) is 0.808. The van der Waals surface area contributed by atoms with E-state index in [9.17, 15) is 4.57 Å². The molecule has 1 aromatic rings. The number of benzene rings is 1. The number of para-hydroxylation sites is 1. The number of fused-ring (bicyclic) bond motifs is 1. The van der Waals surface area contributed by atoms with Crippen LogP contribution in [0.5, 0.6) is 5.75 Å². The van der Waals surface area contributed by atoms with Gasteiger partial charge in [-0.15, -0.1) is 0 Å². The largest absolute Gasteiger partial charge is 0.422 e. The molecule has 2 aliphatic rings. The summed E-state index contributed by atoms with van der Waals surface area (Å²) < 4.78 is 18.2. The van der Waals surface area contributed by atoms with Gasteiger partial charge in [-0.1, -0.05) is 31.0 Å². The van der Waals surface area contributed by atoms with E-state index in [0.29, 0.717) is 17.7 Å². The summed E-state index contributed by atoms with van der Waals surface area (Å²) in [5.41, 5.74) is 0. The van der Waals surface area contributed by atoms with Gasteiger partial charge in [0.25, 0.3) is 0 Å². The van der Waals surface area contributed by atoms with Gasteiger partial charge >= 0.3 is 7.67 Å². The predicted octanol–water partition coefficient (Wildman–Crippen LogP) is 2.93. The first kappa shape index (κ1) is 12.2. The number of hydrogen-bond donors (Lipinski definition) is 2. The van der Waals surface area contributed by atoms with E-state index in [2.05, 4.69) is 10.2 Å². The first-order chi connectivity index (χ1) is 8.75. The first-order valence-electron chi connectivity index (χ1n) is 6.63. The molecule has 0 spiro atoms. The summed E-state index contributed by atoms with van der Waals surface area (Å²) in [6.45, 7) is 0.793. The molecule has 0 radical (unpaired) electrons. The molecule has 5 heteroatoms. The second kappa shape index (κ2) is 5.04. The third-order valence-corrected chi connectivity index (χ3v) is 5.52. The van der Waals surface area contributed by atoms with E-state index in [4.69, 9.17) is 4.52 Å². The van der Waals surface area contributed by atoms with Gasteiger partial charge in [0, 0.05) is 12.6 Å². The zero-order valence-electron chi connectivity index (χ0n) is 10.3. The molecule has 0 amide bonds. The van der Waals surface area contributed by atoms with Crippen molar-refractivity contribution in [2.45, 2.75) is 31.7 Å². The highest BCUT2D eigenvalue weighted by atomic mass is 31.2. The minimum Gasteiger partial charge on any atom is -0.422 e. The lowest BCUT2D eigenvalue weighted by molar-refractivity contribution is 0.257. The topological polar surface area (TPSA) is 50.4 Å². The second-order valence-electron chi connectivity index (χ2n) is 5.10. The fourth-order valence-electron chi connectivity index (χ4n) is 2.81. The second-order valence-corrected chi connectivity index (χ2v) is 6.96. The molecule has 3 atom stereocenters. The Balaban J connectivity index is 1.70. The van der Waals surface area contributed by atoms with Crippen LogP contribution in [0, 0.1) is 5.92 Å². The Morgan fingerprint density at radius 2 is 1.94 bits per heavy atom. The molecular formula is C13H19N2O2P. The Labute approximate surface area is 108 Å². The van der Waals surface area contributed by atoms with Crippen LogP contribution in [0.15, 0.2) is 30.3 Å². The van der Waals surface area contributed by atoms with Crippen LogP contribution in [0.25, 0.3) is 0 Å². The van der Waals surface area contributed by atoms with E-state index in [0.717, 1.165) is 13.0 Å². The third kappa shape index (κ3) is 2.61. The fraction of sp³-hybridized carbons (Fsp3) is 0.538.